The summed E-state index contributed by atoms with van der Waals surface area (Å²) in [6, 6.07) is 15.9. The SMILES string of the molecule is CCOc1ccc(-c2noc(CCC(=O)N3CCc4ccccc4C3)n2)cc1. The normalized spacial score (nSPS) is 13.2. The number of ether oxygens (including phenoxy) is 1. The fraction of sp³-hybridized carbons (Fsp3) is 0.318. The molecule has 0 radical (unpaired) electrons. The van der Waals surface area contributed by atoms with Crippen LogP contribution in [0.1, 0.15) is 30.4 Å². The summed E-state index contributed by atoms with van der Waals surface area (Å²) in [7, 11) is 0. The van der Waals surface area contributed by atoms with Gasteiger partial charge in [-0.3, -0.25) is 4.79 Å². The molecule has 1 aromatic heterocycles. The maximum absolute atomic E-state index is 12.6. The van der Waals surface area contributed by atoms with Gasteiger partial charge in [-0.1, -0.05) is 29.4 Å². The number of nitrogens with zero attached hydrogens (tertiary/aromatic N) is 3. The average molecular weight is 377 g/mol. The Bertz CT molecular complexity index is 950. The fourth-order valence-electron chi connectivity index (χ4n) is 3.42. The maximum atomic E-state index is 12.6. The number of carbonyl (C=O) groups is 1. The molecular formula is C22H23N3O3. The molecule has 6 nitrogen and oxygen atoms in total. The second-order valence-electron chi connectivity index (χ2n) is 6.80. The zero-order valence-corrected chi connectivity index (χ0v) is 15.9. The minimum absolute atomic E-state index is 0.121. The molecule has 2 heterocycles. The number of benzene rings is 2. The molecule has 0 atom stereocenters. The summed E-state index contributed by atoms with van der Waals surface area (Å²) in [4.78, 5) is 18.9. The average Bonchev–Trinajstić information content (AvgIpc) is 3.21. The van der Waals surface area contributed by atoms with E-state index in [1.165, 1.54) is 11.1 Å². The number of aryl methyl sites for hydroxylation is 1. The van der Waals surface area contributed by atoms with E-state index < -0.39 is 0 Å². The van der Waals surface area contributed by atoms with Crippen molar-refractivity contribution >= 4 is 5.91 Å². The minimum Gasteiger partial charge on any atom is -0.494 e. The molecule has 6 heteroatoms. The third-order valence-corrected chi connectivity index (χ3v) is 4.93. The predicted molar refractivity (Wildman–Crippen MR) is 105 cm³/mol. The summed E-state index contributed by atoms with van der Waals surface area (Å²) >= 11 is 0. The molecular weight excluding hydrogens is 354 g/mol. The van der Waals surface area contributed by atoms with Crippen molar-refractivity contribution < 1.29 is 14.1 Å². The van der Waals surface area contributed by atoms with Crippen LogP contribution in [-0.2, 0) is 24.2 Å². The van der Waals surface area contributed by atoms with Crippen LogP contribution >= 0.6 is 0 Å². The fourth-order valence-corrected chi connectivity index (χ4v) is 3.42. The van der Waals surface area contributed by atoms with Gasteiger partial charge in [0.25, 0.3) is 0 Å². The van der Waals surface area contributed by atoms with Crippen molar-refractivity contribution in [1.29, 1.82) is 0 Å². The van der Waals surface area contributed by atoms with Crippen LogP contribution in [-0.4, -0.2) is 34.1 Å². The van der Waals surface area contributed by atoms with Gasteiger partial charge in [-0.15, -0.1) is 0 Å². The number of amides is 1. The largest absolute Gasteiger partial charge is 0.494 e. The van der Waals surface area contributed by atoms with Crippen molar-refractivity contribution in [3.05, 3.63) is 65.5 Å². The van der Waals surface area contributed by atoms with Crippen molar-refractivity contribution in [3.63, 3.8) is 0 Å². The lowest BCUT2D eigenvalue weighted by atomic mass is 9.99. The Balaban J connectivity index is 1.34. The summed E-state index contributed by atoms with van der Waals surface area (Å²) in [5.41, 5.74) is 3.43. The molecule has 28 heavy (non-hydrogen) atoms. The summed E-state index contributed by atoms with van der Waals surface area (Å²) in [6.45, 7) is 4.01. The van der Waals surface area contributed by atoms with Gasteiger partial charge in [-0.05, 0) is 48.7 Å². The van der Waals surface area contributed by atoms with E-state index in [1.807, 2.05) is 48.2 Å². The van der Waals surface area contributed by atoms with Crippen LogP contribution in [0.4, 0.5) is 0 Å². The van der Waals surface area contributed by atoms with E-state index in [0.29, 0.717) is 37.7 Å². The van der Waals surface area contributed by atoms with Gasteiger partial charge in [0.2, 0.25) is 17.6 Å². The number of aromatic nitrogens is 2. The third-order valence-electron chi connectivity index (χ3n) is 4.93. The zero-order chi connectivity index (χ0) is 19.3. The summed E-state index contributed by atoms with van der Waals surface area (Å²) in [6.07, 6.45) is 1.72. The first-order valence-corrected chi connectivity index (χ1v) is 9.63. The Kier molecular flexibility index (Phi) is 5.37. The number of hydrogen-bond donors (Lipinski definition) is 0. The van der Waals surface area contributed by atoms with Gasteiger partial charge in [0.05, 0.1) is 6.61 Å². The van der Waals surface area contributed by atoms with Crippen LogP contribution < -0.4 is 4.74 Å². The second kappa shape index (κ2) is 8.25. The maximum Gasteiger partial charge on any atom is 0.227 e. The van der Waals surface area contributed by atoms with E-state index in [1.54, 1.807) is 0 Å². The Morgan fingerprint density at radius 1 is 1.14 bits per heavy atom. The van der Waals surface area contributed by atoms with Crippen LogP contribution in [0, 0.1) is 0 Å². The molecule has 2 aromatic carbocycles. The highest BCUT2D eigenvalue weighted by atomic mass is 16.5. The molecule has 0 bridgehead atoms. The van der Waals surface area contributed by atoms with Crippen LogP contribution in [0.5, 0.6) is 5.75 Å². The minimum atomic E-state index is 0.121. The molecule has 0 saturated carbocycles. The third kappa shape index (κ3) is 4.06. The van der Waals surface area contributed by atoms with Crippen LogP contribution in [0.25, 0.3) is 11.4 Å². The standard InChI is InChI=1S/C22H23N3O3/c1-2-27-19-9-7-17(8-10-19)22-23-20(28-24-22)11-12-21(26)25-14-13-16-5-3-4-6-18(16)15-25/h3-10H,2,11-15H2,1H3. The number of rotatable bonds is 6. The van der Waals surface area contributed by atoms with E-state index in [9.17, 15) is 4.79 Å². The quantitative estimate of drug-likeness (QED) is 0.656. The Morgan fingerprint density at radius 2 is 1.93 bits per heavy atom. The first-order chi connectivity index (χ1) is 13.7. The van der Waals surface area contributed by atoms with E-state index in [-0.39, 0.29) is 5.91 Å². The van der Waals surface area contributed by atoms with Crippen molar-refractivity contribution in [2.75, 3.05) is 13.2 Å². The van der Waals surface area contributed by atoms with Gasteiger partial charge in [0, 0.05) is 31.5 Å². The highest BCUT2D eigenvalue weighted by Crippen LogP contribution is 2.21. The lowest BCUT2D eigenvalue weighted by Gasteiger charge is -2.28. The first kappa shape index (κ1) is 18.2. The second-order valence-corrected chi connectivity index (χ2v) is 6.80. The van der Waals surface area contributed by atoms with E-state index in [4.69, 9.17) is 9.26 Å². The van der Waals surface area contributed by atoms with Gasteiger partial charge in [-0.2, -0.15) is 4.98 Å². The molecule has 0 aliphatic carbocycles. The zero-order valence-electron chi connectivity index (χ0n) is 15.9. The number of fused-ring (bicyclic) bond motifs is 1. The van der Waals surface area contributed by atoms with Crippen molar-refractivity contribution in [2.45, 2.75) is 32.7 Å². The van der Waals surface area contributed by atoms with Gasteiger partial charge in [-0.25, -0.2) is 0 Å². The Labute approximate surface area is 164 Å². The highest BCUT2D eigenvalue weighted by molar-refractivity contribution is 5.76. The van der Waals surface area contributed by atoms with Gasteiger partial charge >= 0.3 is 0 Å². The molecule has 0 N–H and O–H groups in total. The number of carbonyl (C=O) groups excluding carboxylic acids is 1. The first-order valence-electron chi connectivity index (χ1n) is 9.63. The monoisotopic (exact) mass is 377 g/mol. The molecule has 4 rings (SSSR count). The van der Waals surface area contributed by atoms with Gasteiger partial charge in [0.15, 0.2) is 0 Å². The molecule has 3 aromatic rings. The molecule has 0 fully saturated rings. The van der Waals surface area contributed by atoms with Crippen molar-refractivity contribution in [3.8, 4) is 17.1 Å². The Morgan fingerprint density at radius 3 is 2.71 bits per heavy atom. The van der Waals surface area contributed by atoms with E-state index in [2.05, 4.69) is 22.3 Å². The number of hydrogen-bond acceptors (Lipinski definition) is 5. The molecule has 1 aliphatic rings. The highest BCUT2D eigenvalue weighted by Gasteiger charge is 2.21. The van der Waals surface area contributed by atoms with Crippen LogP contribution in [0.2, 0.25) is 0 Å². The van der Waals surface area contributed by atoms with Crippen molar-refractivity contribution in [1.82, 2.24) is 15.0 Å². The van der Waals surface area contributed by atoms with Gasteiger partial charge < -0.3 is 14.2 Å². The van der Waals surface area contributed by atoms with Crippen LogP contribution in [0.3, 0.4) is 0 Å². The smallest absolute Gasteiger partial charge is 0.227 e. The molecule has 144 valence electrons. The molecule has 1 aliphatic heterocycles. The topological polar surface area (TPSA) is 68.5 Å². The Hall–Kier alpha value is -3.15. The molecule has 0 unspecified atom stereocenters. The molecule has 0 spiro atoms. The van der Waals surface area contributed by atoms with E-state index in [0.717, 1.165) is 24.3 Å². The predicted octanol–water partition coefficient (Wildman–Crippen LogP) is 3.65. The lowest BCUT2D eigenvalue weighted by molar-refractivity contribution is -0.132. The van der Waals surface area contributed by atoms with E-state index >= 15 is 0 Å². The molecule has 0 saturated heterocycles. The lowest BCUT2D eigenvalue weighted by Crippen LogP contribution is -2.36. The summed E-state index contributed by atoms with van der Waals surface area (Å²) < 4.78 is 10.8. The van der Waals surface area contributed by atoms with Crippen LogP contribution in [0.15, 0.2) is 53.1 Å². The van der Waals surface area contributed by atoms with Gasteiger partial charge in [0.1, 0.15) is 5.75 Å². The van der Waals surface area contributed by atoms with Crippen molar-refractivity contribution in [2.24, 2.45) is 0 Å². The summed E-state index contributed by atoms with van der Waals surface area (Å²) in [5.74, 6) is 1.94. The summed E-state index contributed by atoms with van der Waals surface area (Å²) in [5, 5.41) is 4.03. The molecule has 1 amide bonds.